The molecule has 0 aliphatic heterocycles. The Hall–Kier alpha value is -4.58. The zero-order valence-corrected chi connectivity index (χ0v) is 19.8. The van der Waals surface area contributed by atoms with Crippen molar-refractivity contribution in [2.75, 3.05) is 19.5 Å². The molecule has 2 N–H and O–H groups in total. The van der Waals surface area contributed by atoms with Gasteiger partial charge >= 0.3 is 0 Å². The van der Waals surface area contributed by atoms with Gasteiger partial charge in [-0.25, -0.2) is 0 Å². The first-order chi connectivity index (χ1) is 17.0. The standard InChI is InChI=1S/C29H26N2O4/c1-19-8-6-12-23(16-19)30-29(33)25(17-21-11-7-10-20-9-4-5-13-24(20)21)31-28(32)22-14-15-26(34-2)27(18-22)35-3/h4-18H,1-3H3,(H,30,33)(H,31,32). The number of hydrogen-bond acceptors (Lipinski definition) is 4. The molecule has 0 radical (unpaired) electrons. The summed E-state index contributed by atoms with van der Waals surface area (Å²) in [6, 6.07) is 26.0. The van der Waals surface area contributed by atoms with Gasteiger partial charge in [0.15, 0.2) is 11.5 Å². The number of hydrogen-bond donors (Lipinski definition) is 2. The van der Waals surface area contributed by atoms with Crippen molar-refractivity contribution < 1.29 is 19.1 Å². The van der Waals surface area contributed by atoms with E-state index in [2.05, 4.69) is 10.6 Å². The first kappa shape index (κ1) is 23.6. The van der Waals surface area contributed by atoms with Crippen LogP contribution in [0, 0.1) is 6.92 Å². The Bertz CT molecular complexity index is 1420. The van der Waals surface area contributed by atoms with Gasteiger partial charge in [0.05, 0.1) is 14.2 Å². The monoisotopic (exact) mass is 466 g/mol. The summed E-state index contributed by atoms with van der Waals surface area (Å²) >= 11 is 0. The van der Waals surface area contributed by atoms with E-state index in [0.717, 1.165) is 21.9 Å². The molecule has 0 unspecified atom stereocenters. The molecule has 6 heteroatoms. The normalized spacial score (nSPS) is 11.1. The highest BCUT2D eigenvalue weighted by Crippen LogP contribution is 2.28. The zero-order chi connectivity index (χ0) is 24.8. The van der Waals surface area contributed by atoms with Crippen LogP contribution in [0.15, 0.2) is 90.6 Å². The van der Waals surface area contributed by atoms with Gasteiger partial charge in [0.2, 0.25) is 0 Å². The first-order valence-electron chi connectivity index (χ1n) is 11.1. The van der Waals surface area contributed by atoms with Crippen LogP contribution in [0.1, 0.15) is 21.5 Å². The number of benzene rings is 4. The predicted molar refractivity (Wildman–Crippen MR) is 139 cm³/mol. The van der Waals surface area contributed by atoms with Crippen LogP contribution in [0.5, 0.6) is 11.5 Å². The second-order valence-electron chi connectivity index (χ2n) is 7.97. The van der Waals surface area contributed by atoms with Crippen molar-refractivity contribution in [1.82, 2.24) is 5.32 Å². The average molecular weight is 467 g/mol. The van der Waals surface area contributed by atoms with Crippen molar-refractivity contribution in [3.05, 3.63) is 107 Å². The molecular formula is C29H26N2O4. The lowest BCUT2D eigenvalue weighted by Gasteiger charge is -2.13. The maximum Gasteiger partial charge on any atom is 0.272 e. The van der Waals surface area contributed by atoms with Crippen LogP contribution in [0.25, 0.3) is 16.8 Å². The number of ether oxygens (including phenoxy) is 2. The molecule has 0 heterocycles. The lowest BCUT2D eigenvalue weighted by molar-refractivity contribution is -0.113. The third-order valence-electron chi connectivity index (χ3n) is 5.54. The van der Waals surface area contributed by atoms with Crippen LogP contribution in [0.2, 0.25) is 0 Å². The van der Waals surface area contributed by atoms with Gasteiger partial charge in [-0.05, 0) is 65.2 Å². The SMILES string of the molecule is COc1ccc(C(=O)NC(=Cc2cccc3ccccc23)C(=O)Nc2cccc(C)c2)cc1OC. The van der Waals surface area contributed by atoms with E-state index in [-0.39, 0.29) is 5.70 Å². The van der Waals surface area contributed by atoms with E-state index in [1.165, 1.54) is 14.2 Å². The van der Waals surface area contributed by atoms with E-state index >= 15 is 0 Å². The first-order valence-corrected chi connectivity index (χ1v) is 11.1. The van der Waals surface area contributed by atoms with Crippen molar-refractivity contribution in [3.8, 4) is 11.5 Å². The number of methoxy groups -OCH3 is 2. The van der Waals surface area contributed by atoms with Gasteiger partial charge in [-0.1, -0.05) is 54.6 Å². The minimum absolute atomic E-state index is 0.114. The van der Waals surface area contributed by atoms with E-state index in [1.54, 1.807) is 30.3 Å². The van der Waals surface area contributed by atoms with Crippen LogP contribution >= 0.6 is 0 Å². The molecule has 0 aliphatic carbocycles. The number of carbonyl (C=O) groups is 2. The predicted octanol–water partition coefficient (Wildman–Crippen LogP) is 5.58. The van der Waals surface area contributed by atoms with Crippen molar-refractivity contribution in [3.63, 3.8) is 0 Å². The Morgan fingerprint density at radius 1 is 0.800 bits per heavy atom. The van der Waals surface area contributed by atoms with E-state index < -0.39 is 11.8 Å². The molecule has 4 aromatic carbocycles. The van der Waals surface area contributed by atoms with E-state index in [4.69, 9.17) is 9.47 Å². The molecule has 0 aliphatic rings. The molecule has 0 spiro atoms. The second-order valence-corrected chi connectivity index (χ2v) is 7.97. The molecule has 2 amide bonds. The molecular weight excluding hydrogens is 440 g/mol. The second kappa shape index (κ2) is 10.6. The highest BCUT2D eigenvalue weighted by Gasteiger charge is 2.17. The number of fused-ring (bicyclic) bond motifs is 1. The van der Waals surface area contributed by atoms with Gasteiger partial charge in [-0.15, -0.1) is 0 Å². The summed E-state index contributed by atoms with van der Waals surface area (Å²) in [5, 5.41) is 7.67. The fourth-order valence-electron chi connectivity index (χ4n) is 3.78. The average Bonchev–Trinajstić information content (AvgIpc) is 2.88. The van der Waals surface area contributed by atoms with Gasteiger partial charge in [-0.2, -0.15) is 0 Å². The minimum Gasteiger partial charge on any atom is -0.493 e. The Morgan fingerprint density at radius 3 is 2.31 bits per heavy atom. The van der Waals surface area contributed by atoms with Gasteiger partial charge in [0.25, 0.3) is 11.8 Å². The molecule has 35 heavy (non-hydrogen) atoms. The maximum atomic E-state index is 13.3. The Balaban J connectivity index is 1.71. The number of anilines is 1. The van der Waals surface area contributed by atoms with Crippen molar-refractivity contribution in [2.24, 2.45) is 0 Å². The molecule has 0 saturated carbocycles. The number of aryl methyl sites for hydroxylation is 1. The molecule has 0 atom stereocenters. The maximum absolute atomic E-state index is 13.3. The van der Waals surface area contributed by atoms with Crippen LogP contribution in [0.4, 0.5) is 5.69 Å². The highest BCUT2D eigenvalue weighted by atomic mass is 16.5. The number of carbonyl (C=O) groups excluding carboxylic acids is 2. The Morgan fingerprint density at radius 2 is 1.54 bits per heavy atom. The van der Waals surface area contributed by atoms with Gasteiger partial charge < -0.3 is 20.1 Å². The number of amides is 2. The van der Waals surface area contributed by atoms with Crippen molar-refractivity contribution in [2.45, 2.75) is 6.92 Å². The summed E-state index contributed by atoms with van der Waals surface area (Å²) in [5.74, 6) is 0.0471. The summed E-state index contributed by atoms with van der Waals surface area (Å²) in [4.78, 5) is 26.5. The summed E-state index contributed by atoms with van der Waals surface area (Å²) < 4.78 is 10.6. The molecule has 6 nitrogen and oxygen atoms in total. The van der Waals surface area contributed by atoms with E-state index in [9.17, 15) is 9.59 Å². The van der Waals surface area contributed by atoms with E-state index in [0.29, 0.717) is 22.7 Å². The highest BCUT2D eigenvalue weighted by molar-refractivity contribution is 6.11. The minimum atomic E-state index is -0.447. The quantitative estimate of drug-likeness (QED) is 0.349. The van der Waals surface area contributed by atoms with Crippen molar-refractivity contribution in [1.29, 1.82) is 0 Å². The molecule has 0 aromatic heterocycles. The van der Waals surface area contributed by atoms with Crippen LogP contribution < -0.4 is 20.1 Å². The molecule has 0 bridgehead atoms. The van der Waals surface area contributed by atoms with E-state index in [1.807, 2.05) is 67.6 Å². The Labute approximate surface area is 204 Å². The summed E-state index contributed by atoms with van der Waals surface area (Å²) in [5.41, 5.74) is 2.90. The van der Waals surface area contributed by atoms with Gasteiger partial charge in [0.1, 0.15) is 5.70 Å². The summed E-state index contributed by atoms with van der Waals surface area (Å²) in [6.07, 6.45) is 1.69. The lowest BCUT2D eigenvalue weighted by Crippen LogP contribution is -2.30. The third-order valence-corrected chi connectivity index (χ3v) is 5.54. The van der Waals surface area contributed by atoms with Gasteiger partial charge in [0, 0.05) is 11.3 Å². The van der Waals surface area contributed by atoms with Crippen molar-refractivity contribution >= 4 is 34.4 Å². The third kappa shape index (κ3) is 5.50. The molecule has 0 saturated heterocycles. The van der Waals surface area contributed by atoms with Gasteiger partial charge in [-0.3, -0.25) is 9.59 Å². The van der Waals surface area contributed by atoms with Crippen LogP contribution in [-0.4, -0.2) is 26.0 Å². The molecule has 176 valence electrons. The zero-order valence-electron chi connectivity index (χ0n) is 19.8. The smallest absolute Gasteiger partial charge is 0.272 e. The summed E-state index contributed by atoms with van der Waals surface area (Å²) in [6.45, 7) is 1.95. The summed E-state index contributed by atoms with van der Waals surface area (Å²) in [7, 11) is 3.03. The Kier molecular flexibility index (Phi) is 7.12. The van der Waals surface area contributed by atoms with Crippen LogP contribution in [-0.2, 0) is 4.79 Å². The largest absolute Gasteiger partial charge is 0.493 e. The fraction of sp³-hybridized carbons (Fsp3) is 0.103. The number of nitrogens with one attached hydrogen (secondary N) is 2. The van der Waals surface area contributed by atoms with Crippen LogP contribution in [0.3, 0.4) is 0 Å². The topological polar surface area (TPSA) is 76.7 Å². The lowest BCUT2D eigenvalue weighted by atomic mass is 10.0. The molecule has 4 aromatic rings. The molecule has 0 fully saturated rings. The number of rotatable bonds is 7. The molecule has 4 rings (SSSR count). The fourth-order valence-corrected chi connectivity index (χ4v) is 3.78.